The van der Waals surface area contributed by atoms with Crippen molar-refractivity contribution in [1.82, 2.24) is 4.90 Å². The van der Waals surface area contributed by atoms with Crippen molar-refractivity contribution in [3.05, 3.63) is 12.7 Å². The maximum atomic E-state index is 3.91. The average Bonchev–Trinajstić information content (AvgIpc) is 2.32. The molecule has 0 aliphatic carbocycles. The van der Waals surface area contributed by atoms with Crippen molar-refractivity contribution in [2.45, 2.75) is 45.2 Å². The third-order valence-electron chi connectivity index (χ3n) is 2.80. The first-order chi connectivity index (χ1) is 5.10. The molecule has 1 nitrogen and oxygen atoms in total. The molecule has 11 heavy (non-hydrogen) atoms. The van der Waals surface area contributed by atoms with Gasteiger partial charge in [0.2, 0.25) is 0 Å². The fourth-order valence-electron chi connectivity index (χ4n) is 2.07. The second-order valence-electron chi connectivity index (χ2n) is 3.95. The molecule has 1 unspecified atom stereocenters. The topological polar surface area (TPSA) is 3.24 Å². The lowest BCUT2D eigenvalue weighted by Gasteiger charge is -2.35. The molecule has 1 saturated heterocycles. The Kier molecular flexibility index (Phi) is 2.38. The third kappa shape index (κ3) is 1.48. The summed E-state index contributed by atoms with van der Waals surface area (Å²) < 4.78 is 0. The summed E-state index contributed by atoms with van der Waals surface area (Å²) in [6, 6.07) is 0.653. The van der Waals surface area contributed by atoms with E-state index in [0.717, 1.165) is 0 Å². The first-order valence-electron chi connectivity index (χ1n) is 4.50. The van der Waals surface area contributed by atoms with E-state index >= 15 is 0 Å². The van der Waals surface area contributed by atoms with Crippen LogP contribution in [0, 0.1) is 0 Å². The molecule has 64 valence electrons. The van der Waals surface area contributed by atoms with E-state index in [1.54, 1.807) is 0 Å². The monoisotopic (exact) mass is 153 g/mol. The molecule has 0 aromatic heterocycles. The van der Waals surface area contributed by atoms with Crippen LogP contribution in [-0.4, -0.2) is 23.0 Å². The molecule has 1 heteroatoms. The molecule has 1 aliphatic rings. The van der Waals surface area contributed by atoms with Crippen molar-refractivity contribution in [3.63, 3.8) is 0 Å². The summed E-state index contributed by atoms with van der Waals surface area (Å²) in [5, 5.41) is 0. The van der Waals surface area contributed by atoms with Crippen molar-refractivity contribution in [1.29, 1.82) is 0 Å². The molecule has 1 heterocycles. The van der Waals surface area contributed by atoms with Crippen molar-refractivity contribution in [2.75, 3.05) is 6.54 Å². The van der Waals surface area contributed by atoms with Gasteiger partial charge in [0.05, 0.1) is 0 Å². The van der Waals surface area contributed by atoms with E-state index in [1.807, 2.05) is 0 Å². The van der Waals surface area contributed by atoms with Gasteiger partial charge in [0.15, 0.2) is 0 Å². The highest BCUT2D eigenvalue weighted by Crippen LogP contribution is 2.31. The zero-order chi connectivity index (χ0) is 8.48. The van der Waals surface area contributed by atoms with Crippen LogP contribution in [0.3, 0.4) is 0 Å². The standard InChI is InChI=1S/C10H19N/c1-5-10(4)7-6-8-11(10)9(2)3/h5,9H,1,6-8H2,2-4H3. The smallest absolute Gasteiger partial charge is 0.0363 e. The van der Waals surface area contributed by atoms with E-state index in [-0.39, 0.29) is 5.54 Å². The highest BCUT2D eigenvalue weighted by Gasteiger charge is 2.34. The van der Waals surface area contributed by atoms with Gasteiger partial charge in [-0.15, -0.1) is 6.58 Å². The van der Waals surface area contributed by atoms with Crippen molar-refractivity contribution < 1.29 is 0 Å². The molecule has 0 N–H and O–H groups in total. The first-order valence-corrected chi connectivity index (χ1v) is 4.50. The lowest BCUT2D eigenvalue weighted by molar-refractivity contribution is 0.159. The molecule has 0 radical (unpaired) electrons. The fraction of sp³-hybridized carbons (Fsp3) is 0.800. The van der Waals surface area contributed by atoms with Crippen LogP contribution in [0.1, 0.15) is 33.6 Å². The molecule has 0 aromatic carbocycles. The summed E-state index contributed by atoms with van der Waals surface area (Å²) in [5.41, 5.74) is 0.272. The minimum absolute atomic E-state index is 0.272. The summed E-state index contributed by atoms with van der Waals surface area (Å²) in [5.74, 6) is 0. The third-order valence-corrected chi connectivity index (χ3v) is 2.80. The van der Waals surface area contributed by atoms with Gasteiger partial charge in [-0.2, -0.15) is 0 Å². The SMILES string of the molecule is C=CC1(C)CCCN1C(C)C. The second-order valence-corrected chi connectivity index (χ2v) is 3.95. The lowest BCUT2D eigenvalue weighted by Crippen LogP contribution is -2.43. The van der Waals surface area contributed by atoms with E-state index in [2.05, 4.69) is 38.3 Å². The number of hydrogen-bond donors (Lipinski definition) is 0. The van der Waals surface area contributed by atoms with Gasteiger partial charge in [-0.25, -0.2) is 0 Å². The zero-order valence-corrected chi connectivity index (χ0v) is 7.93. The van der Waals surface area contributed by atoms with Crippen LogP contribution in [-0.2, 0) is 0 Å². The summed E-state index contributed by atoms with van der Waals surface area (Å²) in [4.78, 5) is 2.53. The Hall–Kier alpha value is -0.300. The molecule has 1 fully saturated rings. The van der Waals surface area contributed by atoms with E-state index in [1.165, 1.54) is 19.4 Å². The van der Waals surface area contributed by atoms with Crippen LogP contribution < -0.4 is 0 Å². The Balaban J connectivity index is 2.72. The Morgan fingerprint density at radius 1 is 1.55 bits per heavy atom. The van der Waals surface area contributed by atoms with Gasteiger partial charge in [-0.1, -0.05) is 6.08 Å². The maximum absolute atomic E-state index is 3.91. The van der Waals surface area contributed by atoms with Gasteiger partial charge in [0.25, 0.3) is 0 Å². The Labute approximate surface area is 70.1 Å². The van der Waals surface area contributed by atoms with Gasteiger partial charge in [-0.3, -0.25) is 4.90 Å². The molecule has 0 aromatic rings. The molecular weight excluding hydrogens is 134 g/mol. The van der Waals surface area contributed by atoms with Gasteiger partial charge >= 0.3 is 0 Å². The van der Waals surface area contributed by atoms with Crippen molar-refractivity contribution >= 4 is 0 Å². The Bertz CT molecular complexity index is 151. The summed E-state index contributed by atoms with van der Waals surface area (Å²) in [6.45, 7) is 11.9. The summed E-state index contributed by atoms with van der Waals surface area (Å²) in [7, 11) is 0. The normalized spacial score (nSPS) is 33.1. The van der Waals surface area contributed by atoms with Crippen LogP contribution in [0.2, 0.25) is 0 Å². The quantitative estimate of drug-likeness (QED) is 0.551. The van der Waals surface area contributed by atoms with E-state index in [4.69, 9.17) is 0 Å². The molecule has 1 rings (SSSR count). The predicted molar refractivity (Wildman–Crippen MR) is 49.7 cm³/mol. The second kappa shape index (κ2) is 2.98. The number of nitrogens with zero attached hydrogens (tertiary/aromatic N) is 1. The molecular formula is C10H19N. The summed E-state index contributed by atoms with van der Waals surface area (Å²) in [6.07, 6.45) is 4.69. The van der Waals surface area contributed by atoms with E-state index in [9.17, 15) is 0 Å². The van der Waals surface area contributed by atoms with Crippen LogP contribution in [0.15, 0.2) is 12.7 Å². The summed E-state index contributed by atoms with van der Waals surface area (Å²) >= 11 is 0. The minimum atomic E-state index is 0.272. The van der Waals surface area contributed by atoms with Crippen LogP contribution in [0.4, 0.5) is 0 Å². The molecule has 0 bridgehead atoms. The minimum Gasteiger partial charge on any atom is -0.292 e. The van der Waals surface area contributed by atoms with Crippen LogP contribution in [0.25, 0.3) is 0 Å². The number of hydrogen-bond acceptors (Lipinski definition) is 1. The number of rotatable bonds is 2. The molecule has 0 spiro atoms. The van der Waals surface area contributed by atoms with Gasteiger partial charge in [0.1, 0.15) is 0 Å². The van der Waals surface area contributed by atoms with Gasteiger partial charge < -0.3 is 0 Å². The van der Waals surface area contributed by atoms with E-state index < -0.39 is 0 Å². The molecule has 1 aliphatic heterocycles. The average molecular weight is 153 g/mol. The number of likely N-dealkylation sites (tertiary alicyclic amines) is 1. The van der Waals surface area contributed by atoms with Crippen molar-refractivity contribution in [3.8, 4) is 0 Å². The molecule has 0 amide bonds. The van der Waals surface area contributed by atoms with Crippen LogP contribution in [0.5, 0.6) is 0 Å². The largest absolute Gasteiger partial charge is 0.292 e. The highest BCUT2D eigenvalue weighted by molar-refractivity contribution is 5.05. The van der Waals surface area contributed by atoms with Gasteiger partial charge in [-0.05, 0) is 40.2 Å². The van der Waals surface area contributed by atoms with Gasteiger partial charge in [0, 0.05) is 11.6 Å². The lowest BCUT2D eigenvalue weighted by atomic mass is 9.98. The first kappa shape index (κ1) is 8.79. The van der Waals surface area contributed by atoms with Crippen LogP contribution >= 0.6 is 0 Å². The molecule has 1 atom stereocenters. The predicted octanol–water partition coefficient (Wildman–Crippen LogP) is 2.44. The Morgan fingerprint density at radius 3 is 2.55 bits per heavy atom. The maximum Gasteiger partial charge on any atom is 0.0363 e. The van der Waals surface area contributed by atoms with E-state index in [0.29, 0.717) is 6.04 Å². The Morgan fingerprint density at radius 2 is 2.18 bits per heavy atom. The fourth-order valence-corrected chi connectivity index (χ4v) is 2.07. The highest BCUT2D eigenvalue weighted by atomic mass is 15.2. The molecule has 0 saturated carbocycles. The zero-order valence-electron chi connectivity index (χ0n) is 7.93. The van der Waals surface area contributed by atoms with Crippen molar-refractivity contribution in [2.24, 2.45) is 0 Å².